The van der Waals surface area contributed by atoms with Gasteiger partial charge in [-0.15, -0.1) is 0 Å². The number of carbonyl (C=O) groups excluding carboxylic acids is 2. The zero-order valence-corrected chi connectivity index (χ0v) is 17.6. The van der Waals surface area contributed by atoms with Crippen LogP contribution >= 0.6 is 0 Å². The van der Waals surface area contributed by atoms with E-state index in [0.717, 1.165) is 24.5 Å². The fourth-order valence-corrected chi connectivity index (χ4v) is 3.63. The smallest absolute Gasteiger partial charge is 0.280 e. The predicted octanol–water partition coefficient (Wildman–Crippen LogP) is 2.80. The minimum atomic E-state index is -0.343. The normalized spacial score (nSPS) is 13.7. The van der Waals surface area contributed by atoms with Crippen molar-refractivity contribution in [1.29, 1.82) is 0 Å². The Morgan fingerprint density at radius 1 is 0.968 bits per heavy atom. The number of para-hydroxylation sites is 1. The molecule has 1 aliphatic heterocycles. The average Bonchev–Trinajstić information content (AvgIpc) is 3.25. The molecule has 0 unspecified atom stereocenters. The fraction of sp³-hybridized carbons (Fsp3) is 0.261. The summed E-state index contributed by atoms with van der Waals surface area (Å²) in [4.78, 5) is 28.5. The molecule has 1 aromatic heterocycles. The summed E-state index contributed by atoms with van der Waals surface area (Å²) in [6.07, 6.45) is 1.69. The highest BCUT2D eigenvalue weighted by Gasteiger charge is 2.21. The standard InChI is InChI=1S/C23H25N5O3/c1-17(29)26-11-13-27(14-12-26)20-10-6-7-18(15-20)24-23(30)22-21(31-2)16-28(25-22)19-8-4-3-5-9-19/h3-10,15-16H,11-14H2,1-2H3,(H,24,30). The van der Waals surface area contributed by atoms with E-state index in [0.29, 0.717) is 24.5 Å². The maximum Gasteiger partial charge on any atom is 0.280 e. The second kappa shape index (κ2) is 8.91. The summed E-state index contributed by atoms with van der Waals surface area (Å²) in [6.45, 7) is 4.50. The lowest BCUT2D eigenvalue weighted by Crippen LogP contribution is -2.48. The van der Waals surface area contributed by atoms with E-state index in [1.54, 1.807) is 17.8 Å². The molecule has 0 bridgehead atoms. The van der Waals surface area contributed by atoms with Gasteiger partial charge >= 0.3 is 0 Å². The zero-order valence-electron chi connectivity index (χ0n) is 17.6. The largest absolute Gasteiger partial charge is 0.493 e. The number of benzene rings is 2. The van der Waals surface area contributed by atoms with Gasteiger partial charge < -0.3 is 19.9 Å². The number of amides is 2. The Hall–Kier alpha value is -3.81. The zero-order chi connectivity index (χ0) is 21.8. The summed E-state index contributed by atoms with van der Waals surface area (Å²) in [5, 5.41) is 7.33. The van der Waals surface area contributed by atoms with Crippen LogP contribution in [-0.2, 0) is 4.79 Å². The number of hydrogen-bond donors (Lipinski definition) is 1. The molecule has 1 aliphatic rings. The summed E-state index contributed by atoms with van der Waals surface area (Å²) in [5.74, 6) is 0.160. The van der Waals surface area contributed by atoms with Crippen molar-refractivity contribution in [2.45, 2.75) is 6.92 Å². The van der Waals surface area contributed by atoms with Gasteiger partial charge in [0.15, 0.2) is 11.4 Å². The van der Waals surface area contributed by atoms with Crippen LogP contribution in [0.1, 0.15) is 17.4 Å². The lowest BCUT2D eigenvalue weighted by molar-refractivity contribution is -0.129. The highest BCUT2D eigenvalue weighted by molar-refractivity contribution is 6.05. The van der Waals surface area contributed by atoms with Crippen LogP contribution in [0.2, 0.25) is 0 Å². The van der Waals surface area contributed by atoms with Crippen LogP contribution < -0.4 is 15.0 Å². The number of aromatic nitrogens is 2. The van der Waals surface area contributed by atoms with Crippen molar-refractivity contribution in [1.82, 2.24) is 14.7 Å². The van der Waals surface area contributed by atoms with Gasteiger partial charge in [0.25, 0.3) is 5.91 Å². The number of rotatable bonds is 5. The lowest BCUT2D eigenvalue weighted by Gasteiger charge is -2.35. The topological polar surface area (TPSA) is 79.7 Å². The van der Waals surface area contributed by atoms with E-state index in [1.165, 1.54) is 7.11 Å². The molecule has 0 atom stereocenters. The molecule has 160 valence electrons. The van der Waals surface area contributed by atoms with Gasteiger partial charge in [-0.05, 0) is 30.3 Å². The van der Waals surface area contributed by atoms with Crippen LogP contribution in [0.15, 0.2) is 60.8 Å². The van der Waals surface area contributed by atoms with E-state index in [1.807, 2.05) is 59.5 Å². The number of methoxy groups -OCH3 is 1. The Morgan fingerprint density at radius 2 is 1.68 bits per heavy atom. The molecular formula is C23H25N5O3. The molecule has 31 heavy (non-hydrogen) atoms. The highest BCUT2D eigenvalue weighted by atomic mass is 16.5. The van der Waals surface area contributed by atoms with Gasteiger partial charge in [-0.1, -0.05) is 24.3 Å². The molecule has 1 saturated heterocycles. The monoisotopic (exact) mass is 419 g/mol. The molecule has 0 radical (unpaired) electrons. The molecule has 8 heteroatoms. The van der Waals surface area contributed by atoms with Crippen LogP contribution in [-0.4, -0.2) is 59.8 Å². The predicted molar refractivity (Wildman–Crippen MR) is 119 cm³/mol. The van der Waals surface area contributed by atoms with Crippen molar-refractivity contribution in [2.75, 3.05) is 43.5 Å². The first-order chi connectivity index (χ1) is 15.0. The number of ether oxygens (including phenoxy) is 1. The molecule has 1 N–H and O–H groups in total. The molecule has 3 aromatic rings. The summed E-state index contributed by atoms with van der Waals surface area (Å²) < 4.78 is 6.99. The van der Waals surface area contributed by atoms with Gasteiger partial charge in [-0.3, -0.25) is 9.59 Å². The van der Waals surface area contributed by atoms with Crippen molar-refractivity contribution >= 4 is 23.2 Å². The number of hydrogen-bond acceptors (Lipinski definition) is 5. The van der Waals surface area contributed by atoms with Crippen molar-refractivity contribution in [2.24, 2.45) is 0 Å². The Labute approximate surface area is 181 Å². The Kier molecular flexibility index (Phi) is 5.88. The maximum atomic E-state index is 12.9. The van der Waals surface area contributed by atoms with E-state index in [9.17, 15) is 9.59 Å². The Balaban J connectivity index is 1.49. The molecular weight excluding hydrogens is 394 g/mol. The molecule has 0 saturated carbocycles. The second-order valence-corrected chi connectivity index (χ2v) is 7.32. The minimum absolute atomic E-state index is 0.101. The number of carbonyl (C=O) groups is 2. The van der Waals surface area contributed by atoms with Crippen molar-refractivity contribution in [3.63, 3.8) is 0 Å². The van der Waals surface area contributed by atoms with Gasteiger partial charge in [0.1, 0.15) is 0 Å². The molecule has 2 heterocycles. The number of nitrogens with one attached hydrogen (secondary N) is 1. The third-order valence-electron chi connectivity index (χ3n) is 5.33. The van der Waals surface area contributed by atoms with Gasteiger partial charge in [-0.25, -0.2) is 4.68 Å². The summed E-state index contributed by atoms with van der Waals surface area (Å²) in [7, 11) is 1.52. The van der Waals surface area contributed by atoms with Gasteiger partial charge in [-0.2, -0.15) is 5.10 Å². The molecule has 4 rings (SSSR count). The molecule has 2 aromatic carbocycles. The fourth-order valence-electron chi connectivity index (χ4n) is 3.63. The van der Waals surface area contributed by atoms with Crippen molar-refractivity contribution in [3.8, 4) is 11.4 Å². The minimum Gasteiger partial charge on any atom is -0.493 e. The first kappa shape index (κ1) is 20.5. The van der Waals surface area contributed by atoms with Gasteiger partial charge in [0, 0.05) is 44.5 Å². The second-order valence-electron chi connectivity index (χ2n) is 7.32. The number of piperazine rings is 1. The Morgan fingerprint density at radius 3 is 2.35 bits per heavy atom. The summed E-state index contributed by atoms with van der Waals surface area (Å²) >= 11 is 0. The van der Waals surface area contributed by atoms with Gasteiger partial charge in [0.05, 0.1) is 19.0 Å². The van der Waals surface area contributed by atoms with Crippen molar-refractivity contribution < 1.29 is 14.3 Å². The van der Waals surface area contributed by atoms with Crippen molar-refractivity contribution in [3.05, 3.63) is 66.5 Å². The third-order valence-corrected chi connectivity index (χ3v) is 5.33. The molecule has 8 nitrogen and oxygen atoms in total. The highest BCUT2D eigenvalue weighted by Crippen LogP contribution is 2.24. The van der Waals surface area contributed by atoms with Gasteiger partial charge in [0.2, 0.25) is 5.91 Å². The molecule has 0 aliphatic carbocycles. The third kappa shape index (κ3) is 4.53. The number of nitrogens with zero attached hydrogens (tertiary/aromatic N) is 4. The summed E-state index contributed by atoms with van der Waals surface area (Å²) in [5.41, 5.74) is 2.73. The van der Waals surface area contributed by atoms with E-state index in [-0.39, 0.29) is 17.5 Å². The SMILES string of the molecule is COc1cn(-c2ccccc2)nc1C(=O)Nc1cccc(N2CCN(C(C)=O)CC2)c1. The average molecular weight is 419 g/mol. The quantitative estimate of drug-likeness (QED) is 0.688. The van der Waals surface area contributed by atoms with Crippen LogP contribution in [0.5, 0.6) is 5.75 Å². The van der Waals surface area contributed by atoms with Crippen LogP contribution in [0, 0.1) is 0 Å². The lowest BCUT2D eigenvalue weighted by atomic mass is 10.2. The van der Waals surface area contributed by atoms with E-state index < -0.39 is 0 Å². The number of anilines is 2. The van der Waals surface area contributed by atoms with E-state index in [4.69, 9.17) is 4.74 Å². The van der Waals surface area contributed by atoms with E-state index in [2.05, 4.69) is 15.3 Å². The van der Waals surface area contributed by atoms with Crippen LogP contribution in [0.25, 0.3) is 5.69 Å². The molecule has 0 spiro atoms. The molecule has 1 fully saturated rings. The van der Waals surface area contributed by atoms with Crippen LogP contribution in [0.3, 0.4) is 0 Å². The van der Waals surface area contributed by atoms with E-state index >= 15 is 0 Å². The molecule has 2 amide bonds. The first-order valence-corrected chi connectivity index (χ1v) is 10.2. The van der Waals surface area contributed by atoms with Crippen LogP contribution in [0.4, 0.5) is 11.4 Å². The first-order valence-electron chi connectivity index (χ1n) is 10.2. The maximum absolute atomic E-state index is 12.9. The Bertz CT molecular complexity index is 1070. The summed E-state index contributed by atoms with van der Waals surface area (Å²) in [6, 6.07) is 17.2.